The fourth-order valence-corrected chi connectivity index (χ4v) is 8.17. The minimum absolute atomic E-state index is 0. The molecular formula is C46H54Cl2Zr-2. The third kappa shape index (κ3) is 8.49. The van der Waals surface area contributed by atoms with Crippen LogP contribution in [0.3, 0.4) is 0 Å². The van der Waals surface area contributed by atoms with Gasteiger partial charge in [0.25, 0.3) is 0 Å². The molecule has 3 aliphatic rings. The predicted molar refractivity (Wildman–Crippen MR) is 205 cm³/mol. The smallest absolute Gasteiger partial charge is 1.00 e. The Kier molecular flexibility index (Phi) is 12.8. The van der Waals surface area contributed by atoms with Gasteiger partial charge in [0, 0.05) is 10.8 Å². The van der Waals surface area contributed by atoms with Crippen molar-refractivity contribution < 1.29 is 49.0 Å². The molecule has 0 fully saturated rings. The molecule has 49 heavy (non-hydrogen) atoms. The van der Waals surface area contributed by atoms with Gasteiger partial charge in [-0.25, -0.2) is 5.57 Å². The molecule has 0 spiro atoms. The van der Waals surface area contributed by atoms with Crippen molar-refractivity contribution in [3.63, 3.8) is 0 Å². The average Bonchev–Trinajstić information content (AvgIpc) is 3.67. The Morgan fingerprint density at radius 2 is 1.24 bits per heavy atom. The van der Waals surface area contributed by atoms with E-state index in [0.717, 1.165) is 6.42 Å². The molecule has 7 rings (SSSR count). The zero-order valence-corrected chi connectivity index (χ0v) is 35.9. The van der Waals surface area contributed by atoms with Gasteiger partial charge >= 0.3 is 76.7 Å². The summed E-state index contributed by atoms with van der Waals surface area (Å²) in [4.78, 5) is 0. The van der Waals surface area contributed by atoms with Crippen molar-refractivity contribution >= 4 is 35.9 Å². The van der Waals surface area contributed by atoms with Crippen LogP contribution in [0.4, 0.5) is 0 Å². The van der Waals surface area contributed by atoms with E-state index in [1.54, 1.807) is 0 Å². The average molecular weight is 769 g/mol. The van der Waals surface area contributed by atoms with Gasteiger partial charge in [-0.15, -0.1) is 39.7 Å². The van der Waals surface area contributed by atoms with Crippen LogP contribution in [0, 0.1) is 24.3 Å². The molecule has 0 amide bonds. The molecular weight excluding hydrogens is 715 g/mol. The van der Waals surface area contributed by atoms with E-state index in [4.69, 9.17) is 0 Å². The first-order chi connectivity index (χ1) is 21.8. The quantitative estimate of drug-likeness (QED) is 0.194. The van der Waals surface area contributed by atoms with E-state index in [1.807, 2.05) is 0 Å². The minimum Gasteiger partial charge on any atom is -1.00 e. The summed E-state index contributed by atoms with van der Waals surface area (Å²) in [5, 5.41) is 5.57. The molecule has 1 unspecified atom stereocenters. The molecule has 3 heteroatoms. The Hall–Kier alpha value is -2.18. The molecule has 0 saturated heterocycles. The van der Waals surface area contributed by atoms with E-state index in [2.05, 4.69) is 169 Å². The second kappa shape index (κ2) is 15.2. The third-order valence-electron chi connectivity index (χ3n) is 10.2. The van der Waals surface area contributed by atoms with Gasteiger partial charge in [-0.1, -0.05) is 115 Å². The van der Waals surface area contributed by atoms with Gasteiger partial charge in [-0.05, 0) is 36.1 Å². The number of aryl methyl sites for hydroxylation is 1. The number of fused-ring (bicyclic) bond motifs is 5. The van der Waals surface area contributed by atoms with Crippen LogP contribution in [0.1, 0.15) is 123 Å². The maximum atomic E-state index is 3.48. The van der Waals surface area contributed by atoms with Gasteiger partial charge in [0.15, 0.2) is 0 Å². The fourth-order valence-electron chi connectivity index (χ4n) is 7.76. The molecule has 0 saturated carbocycles. The number of hydrogen-bond acceptors (Lipinski definition) is 0. The van der Waals surface area contributed by atoms with Crippen molar-refractivity contribution in [1.82, 2.24) is 0 Å². The summed E-state index contributed by atoms with van der Waals surface area (Å²) < 4.78 is 1.46. The van der Waals surface area contributed by atoms with Crippen LogP contribution in [0.2, 0.25) is 0 Å². The van der Waals surface area contributed by atoms with Crippen LogP contribution < -0.4 is 24.8 Å². The molecule has 0 N–H and O–H groups in total. The predicted octanol–water partition coefficient (Wildman–Crippen LogP) is 6.94. The molecule has 0 radical (unpaired) electrons. The van der Waals surface area contributed by atoms with Crippen molar-refractivity contribution in [2.75, 3.05) is 0 Å². The van der Waals surface area contributed by atoms with Crippen LogP contribution in [-0.4, -0.2) is 3.21 Å². The summed E-state index contributed by atoms with van der Waals surface area (Å²) in [7, 11) is 0. The number of hydrogen-bond donors (Lipinski definition) is 0. The second-order valence-corrected chi connectivity index (χ2v) is 18.1. The molecule has 4 aromatic carbocycles. The van der Waals surface area contributed by atoms with Crippen LogP contribution in [0.15, 0.2) is 84.0 Å². The molecule has 4 aromatic rings. The van der Waals surface area contributed by atoms with Crippen molar-refractivity contribution in [3.05, 3.63) is 123 Å². The first-order valence-corrected chi connectivity index (χ1v) is 18.6. The van der Waals surface area contributed by atoms with E-state index < -0.39 is 0 Å². The van der Waals surface area contributed by atoms with E-state index in [0.29, 0.717) is 11.3 Å². The topological polar surface area (TPSA) is 0 Å². The van der Waals surface area contributed by atoms with Crippen molar-refractivity contribution in [2.24, 2.45) is 11.3 Å². The zero-order valence-electron chi connectivity index (χ0n) is 32.0. The van der Waals surface area contributed by atoms with Crippen molar-refractivity contribution in [3.8, 4) is 0 Å². The zero-order chi connectivity index (χ0) is 34.6. The molecule has 0 heterocycles. The maximum Gasteiger partial charge on any atom is -1.00 e. The van der Waals surface area contributed by atoms with Gasteiger partial charge in [0.2, 0.25) is 0 Å². The Balaban J connectivity index is 0.000000228. The molecule has 0 aliphatic heterocycles. The van der Waals surface area contributed by atoms with Gasteiger partial charge < -0.3 is 24.8 Å². The first kappa shape index (κ1) is 41.2. The number of rotatable bonds is 2. The Morgan fingerprint density at radius 3 is 1.61 bits per heavy atom. The van der Waals surface area contributed by atoms with Crippen molar-refractivity contribution in [2.45, 2.75) is 107 Å². The van der Waals surface area contributed by atoms with Gasteiger partial charge in [0.05, 0.1) is 0 Å². The summed E-state index contributed by atoms with van der Waals surface area (Å²) in [5.74, 6) is 0.522. The van der Waals surface area contributed by atoms with E-state index in [1.165, 1.54) is 105 Å². The van der Waals surface area contributed by atoms with Gasteiger partial charge in [-0.2, -0.15) is 11.6 Å². The summed E-state index contributed by atoms with van der Waals surface area (Å²) in [6.07, 6.45) is 11.8. The molecule has 0 nitrogen and oxygen atoms in total. The number of halogens is 2. The molecule has 3 aliphatic carbocycles. The Bertz CT molecular complexity index is 1910. The van der Waals surface area contributed by atoms with Crippen LogP contribution in [-0.2, 0) is 35.1 Å². The maximum absolute atomic E-state index is 3.48. The van der Waals surface area contributed by atoms with E-state index in [9.17, 15) is 0 Å². The normalized spacial score (nSPS) is 18.0. The summed E-state index contributed by atoms with van der Waals surface area (Å²) in [6.45, 7) is 29.3. The Morgan fingerprint density at radius 1 is 0.796 bits per heavy atom. The SMILES string of the molecule is CC1=CC(C)(C)c2cc3[cH-]c4cc5c(cc4c3cc21)C(C)=CC5(C)C.CCC1=[C-]C(C)C=C1C(C)(C)C.C[C](=[Zr+2])c1ccc(C)cc1.[Cl-].[Cl-]. The first-order valence-electron chi connectivity index (χ1n) is 17.4. The minimum atomic E-state index is 0. The third-order valence-corrected chi connectivity index (χ3v) is 10.9. The number of benzene rings is 3. The van der Waals surface area contributed by atoms with E-state index >= 15 is 0 Å². The molecule has 258 valence electrons. The molecule has 0 aromatic heterocycles. The summed E-state index contributed by atoms with van der Waals surface area (Å²) in [6, 6.07) is 20.8. The fraction of sp³-hybridized carbons (Fsp3) is 0.391. The van der Waals surface area contributed by atoms with Gasteiger partial charge in [-0.3, -0.25) is 6.08 Å². The van der Waals surface area contributed by atoms with Crippen LogP contribution in [0.25, 0.3) is 32.7 Å². The van der Waals surface area contributed by atoms with Crippen molar-refractivity contribution in [1.29, 1.82) is 0 Å². The van der Waals surface area contributed by atoms with E-state index in [-0.39, 0.29) is 35.6 Å². The standard InChI is InChI=1S/C25H25.C12H19.C9H10.2ClH.Zr/c1-14-12-24(3,4)22-8-16-7-17-9-23-19(15(2)13-25(23,5)6)11-21(17)20(16)10-18(14)22;1-6-10-7-9(2)8-11(10)12(3,4)5;1-3-9-6-4-8(2)5-7-9;;;/h7-13H,1-6H3;8-9H,6H2,1-5H3;4-7H,1-2H3;2*1H;/q2*-1;;;;+2/p-2. The Labute approximate surface area is 324 Å². The second-order valence-electron chi connectivity index (χ2n) is 16.3. The van der Waals surface area contributed by atoms with Gasteiger partial charge in [0.1, 0.15) is 0 Å². The molecule has 1 atom stereocenters. The molecule has 0 bridgehead atoms. The number of allylic oxidation sites excluding steroid dienone is 8. The summed E-state index contributed by atoms with van der Waals surface area (Å²) in [5.41, 5.74) is 14.8. The summed E-state index contributed by atoms with van der Waals surface area (Å²) >= 11 is 1.51. The van der Waals surface area contributed by atoms with Crippen LogP contribution >= 0.6 is 0 Å². The monoisotopic (exact) mass is 766 g/mol. The van der Waals surface area contributed by atoms with Crippen LogP contribution in [0.5, 0.6) is 0 Å². The largest absolute Gasteiger partial charge is 1.00 e.